The van der Waals surface area contributed by atoms with Crippen molar-refractivity contribution in [2.45, 2.75) is 58.3 Å². The van der Waals surface area contributed by atoms with E-state index < -0.39 is 0 Å². The van der Waals surface area contributed by atoms with Gasteiger partial charge in [-0.2, -0.15) is 0 Å². The molecule has 2 aliphatic rings. The molecule has 0 saturated carbocycles. The SMILES string of the molecule is C[C@@H]1C[C@H](C)O[C@@H]1[C@H](C)c1cccc2c1CNCC2. The van der Waals surface area contributed by atoms with E-state index >= 15 is 0 Å². The normalized spacial score (nSPS) is 32.1. The topological polar surface area (TPSA) is 21.3 Å². The Hall–Kier alpha value is -0.860. The molecule has 1 fully saturated rings. The van der Waals surface area contributed by atoms with Crippen molar-refractivity contribution in [3.05, 3.63) is 34.9 Å². The van der Waals surface area contributed by atoms with Crippen LogP contribution in [0.4, 0.5) is 0 Å². The zero-order valence-corrected chi connectivity index (χ0v) is 12.3. The van der Waals surface area contributed by atoms with Crippen LogP contribution in [0.2, 0.25) is 0 Å². The third kappa shape index (κ3) is 2.44. The summed E-state index contributed by atoms with van der Waals surface area (Å²) in [6.07, 6.45) is 3.15. The van der Waals surface area contributed by atoms with Gasteiger partial charge < -0.3 is 10.1 Å². The maximum atomic E-state index is 6.16. The summed E-state index contributed by atoms with van der Waals surface area (Å²) in [5.41, 5.74) is 4.55. The van der Waals surface area contributed by atoms with Crippen molar-refractivity contribution in [1.29, 1.82) is 0 Å². The monoisotopic (exact) mass is 259 g/mol. The van der Waals surface area contributed by atoms with Crippen molar-refractivity contribution in [3.8, 4) is 0 Å². The molecule has 2 aliphatic heterocycles. The molecule has 104 valence electrons. The number of benzene rings is 1. The summed E-state index contributed by atoms with van der Waals surface area (Å²) in [6.45, 7) is 9.00. The van der Waals surface area contributed by atoms with Gasteiger partial charge in [0.25, 0.3) is 0 Å². The van der Waals surface area contributed by atoms with Crippen LogP contribution >= 0.6 is 0 Å². The van der Waals surface area contributed by atoms with Crippen LogP contribution in [-0.2, 0) is 17.7 Å². The molecule has 0 bridgehead atoms. The van der Waals surface area contributed by atoms with Crippen LogP contribution < -0.4 is 5.32 Å². The average Bonchev–Trinajstić information content (AvgIpc) is 2.76. The average molecular weight is 259 g/mol. The summed E-state index contributed by atoms with van der Waals surface area (Å²) in [5, 5.41) is 3.51. The molecule has 1 N–H and O–H groups in total. The Morgan fingerprint density at radius 3 is 2.89 bits per heavy atom. The van der Waals surface area contributed by atoms with E-state index in [1.54, 1.807) is 0 Å². The quantitative estimate of drug-likeness (QED) is 0.880. The van der Waals surface area contributed by atoms with E-state index in [0.717, 1.165) is 19.5 Å². The standard InChI is InChI=1S/C17H25NO/c1-11-9-12(2)19-17(11)13(3)15-6-4-5-14-7-8-18-10-16(14)15/h4-6,11-13,17-18H,7-10H2,1-3H3/t11-,12+,13-,17+/m1/s1. The molecule has 0 aliphatic carbocycles. The minimum atomic E-state index is 0.378. The molecular weight excluding hydrogens is 234 g/mol. The number of nitrogens with one attached hydrogen (secondary N) is 1. The lowest BCUT2D eigenvalue weighted by molar-refractivity contribution is 0.0314. The van der Waals surface area contributed by atoms with Gasteiger partial charge in [0, 0.05) is 12.5 Å². The van der Waals surface area contributed by atoms with Gasteiger partial charge in [0.15, 0.2) is 0 Å². The summed E-state index contributed by atoms with van der Waals surface area (Å²) < 4.78 is 6.16. The molecule has 2 heterocycles. The van der Waals surface area contributed by atoms with E-state index in [9.17, 15) is 0 Å². The Kier molecular flexibility index (Phi) is 3.64. The molecule has 0 amide bonds. The zero-order chi connectivity index (χ0) is 13.4. The second-order valence-electron chi connectivity index (χ2n) is 6.32. The molecule has 0 spiro atoms. The smallest absolute Gasteiger partial charge is 0.0671 e. The fourth-order valence-corrected chi connectivity index (χ4v) is 3.87. The third-order valence-corrected chi connectivity index (χ3v) is 4.82. The molecule has 0 radical (unpaired) electrons. The summed E-state index contributed by atoms with van der Waals surface area (Å²) in [5.74, 6) is 1.16. The Labute approximate surface area is 116 Å². The van der Waals surface area contributed by atoms with Gasteiger partial charge in [-0.3, -0.25) is 0 Å². The van der Waals surface area contributed by atoms with Crippen LogP contribution in [0.3, 0.4) is 0 Å². The van der Waals surface area contributed by atoms with E-state index in [2.05, 4.69) is 44.3 Å². The Morgan fingerprint density at radius 1 is 1.32 bits per heavy atom. The Bertz CT molecular complexity index is 457. The van der Waals surface area contributed by atoms with Gasteiger partial charge in [0.1, 0.15) is 0 Å². The van der Waals surface area contributed by atoms with Gasteiger partial charge >= 0.3 is 0 Å². The van der Waals surface area contributed by atoms with E-state index in [-0.39, 0.29) is 0 Å². The highest BCUT2D eigenvalue weighted by molar-refractivity contribution is 5.39. The maximum absolute atomic E-state index is 6.16. The van der Waals surface area contributed by atoms with Gasteiger partial charge in [0.2, 0.25) is 0 Å². The molecule has 3 rings (SSSR count). The molecule has 1 aromatic rings. The Morgan fingerprint density at radius 2 is 2.16 bits per heavy atom. The van der Waals surface area contributed by atoms with Gasteiger partial charge in [-0.05, 0) is 48.9 Å². The highest BCUT2D eigenvalue weighted by atomic mass is 16.5. The molecule has 19 heavy (non-hydrogen) atoms. The number of ether oxygens (including phenoxy) is 1. The molecule has 1 aromatic carbocycles. The lowest BCUT2D eigenvalue weighted by Gasteiger charge is -2.28. The van der Waals surface area contributed by atoms with Crippen LogP contribution in [0.15, 0.2) is 18.2 Å². The van der Waals surface area contributed by atoms with E-state index in [1.807, 2.05) is 0 Å². The van der Waals surface area contributed by atoms with Crippen LogP contribution in [0.1, 0.15) is 49.8 Å². The minimum absolute atomic E-state index is 0.378. The summed E-state index contributed by atoms with van der Waals surface area (Å²) in [7, 11) is 0. The molecular formula is C17H25NO. The van der Waals surface area contributed by atoms with Gasteiger partial charge in [-0.1, -0.05) is 32.0 Å². The highest BCUT2D eigenvalue weighted by Gasteiger charge is 2.35. The van der Waals surface area contributed by atoms with Crippen LogP contribution in [-0.4, -0.2) is 18.8 Å². The molecule has 0 unspecified atom stereocenters. The first-order valence-electron chi connectivity index (χ1n) is 7.63. The largest absolute Gasteiger partial charge is 0.374 e. The molecule has 0 aromatic heterocycles. The Balaban J connectivity index is 1.89. The van der Waals surface area contributed by atoms with Crippen LogP contribution in [0.25, 0.3) is 0 Å². The van der Waals surface area contributed by atoms with E-state index in [1.165, 1.54) is 23.1 Å². The van der Waals surface area contributed by atoms with E-state index in [0.29, 0.717) is 24.0 Å². The van der Waals surface area contributed by atoms with Crippen LogP contribution in [0.5, 0.6) is 0 Å². The first-order valence-corrected chi connectivity index (χ1v) is 7.63. The van der Waals surface area contributed by atoms with Crippen molar-refractivity contribution in [1.82, 2.24) is 5.32 Å². The zero-order valence-electron chi connectivity index (χ0n) is 12.3. The fourth-order valence-electron chi connectivity index (χ4n) is 3.87. The third-order valence-electron chi connectivity index (χ3n) is 4.82. The predicted molar refractivity (Wildman–Crippen MR) is 78.4 cm³/mol. The van der Waals surface area contributed by atoms with Gasteiger partial charge in [-0.15, -0.1) is 0 Å². The number of rotatable bonds is 2. The maximum Gasteiger partial charge on any atom is 0.0671 e. The van der Waals surface area contributed by atoms with Crippen molar-refractivity contribution >= 4 is 0 Å². The minimum Gasteiger partial charge on any atom is -0.374 e. The first-order chi connectivity index (χ1) is 9.16. The lowest BCUT2D eigenvalue weighted by Crippen LogP contribution is -2.28. The predicted octanol–water partition coefficient (Wildman–Crippen LogP) is 3.25. The van der Waals surface area contributed by atoms with Crippen molar-refractivity contribution < 1.29 is 4.74 Å². The number of hydrogen-bond acceptors (Lipinski definition) is 2. The van der Waals surface area contributed by atoms with Crippen molar-refractivity contribution in [2.24, 2.45) is 5.92 Å². The van der Waals surface area contributed by atoms with Crippen LogP contribution in [0, 0.1) is 5.92 Å². The fraction of sp³-hybridized carbons (Fsp3) is 0.647. The lowest BCUT2D eigenvalue weighted by atomic mass is 9.83. The second kappa shape index (κ2) is 5.26. The van der Waals surface area contributed by atoms with Crippen molar-refractivity contribution in [2.75, 3.05) is 6.54 Å². The van der Waals surface area contributed by atoms with Gasteiger partial charge in [-0.25, -0.2) is 0 Å². The number of hydrogen-bond donors (Lipinski definition) is 1. The molecule has 4 atom stereocenters. The molecule has 2 nitrogen and oxygen atoms in total. The van der Waals surface area contributed by atoms with Crippen molar-refractivity contribution in [3.63, 3.8) is 0 Å². The van der Waals surface area contributed by atoms with E-state index in [4.69, 9.17) is 4.74 Å². The van der Waals surface area contributed by atoms with Gasteiger partial charge in [0.05, 0.1) is 12.2 Å². The summed E-state index contributed by atoms with van der Waals surface area (Å²) in [6, 6.07) is 6.81. The first kappa shape index (κ1) is 13.1. The molecule has 2 heteroatoms. The molecule has 1 saturated heterocycles. The summed E-state index contributed by atoms with van der Waals surface area (Å²) >= 11 is 0. The second-order valence-corrected chi connectivity index (χ2v) is 6.32. The summed E-state index contributed by atoms with van der Waals surface area (Å²) in [4.78, 5) is 0. The number of fused-ring (bicyclic) bond motifs is 1. The highest BCUT2D eigenvalue weighted by Crippen LogP contribution is 2.37.